The second kappa shape index (κ2) is 6.91. The van der Waals surface area contributed by atoms with Crippen LogP contribution in [0.4, 0.5) is 14.7 Å². The number of hydrogen-bond acceptors (Lipinski definition) is 5. The number of alkyl halides is 2. The van der Waals surface area contributed by atoms with Gasteiger partial charge in [-0.3, -0.25) is 9.78 Å². The first-order valence-electron chi connectivity index (χ1n) is 6.91. The SMILES string of the molecule is Nc1nc2c(ncn2CCCCCCC(F)(F)[PH+]=O)c(=O)[nH]1. The molecular weight excluding hydrogens is 315 g/mol. The number of nitrogen functional groups attached to an aromatic ring is 1. The molecule has 0 saturated heterocycles. The first-order chi connectivity index (χ1) is 10.4. The minimum atomic E-state index is -3.07. The van der Waals surface area contributed by atoms with Crippen LogP contribution in [-0.4, -0.2) is 25.2 Å². The number of nitrogens with two attached hydrogens (primary N) is 1. The van der Waals surface area contributed by atoms with Crippen molar-refractivity contribution in [1.29, 1.82) is 0 Å². The van der Waals surface area contributed by atoms with Crippen LogP contribution in [-0.2, 0) is 11.1 Å². The van der Waals surface area contributed by atoms with Crippen molar-refractivity contribution in [2.45, 2.75) is 44.3 Å². The van der Waals surface area contributed by atoms with Gasteiger partial charge in [-0.05, 0) is 12.8 Å². The first kappa shape index (κ1) is 16.5. The Hall–Kier alpha value is -1.89. The lowest BCUT2D eigenvalue weighted by molar-refractivity contribution is 0.0847. The average Bonchev–Trinajstić information content (AvgIpc) is 2.86. The van der Waals surface area contributed by atoms with Crippen molar-refractivity contribution in [2.75, 3.05) is 5.73 Å². The molecule has 0 saturated carbocycles. The summed E-state index contributed by atoms with van der Waals surface area (Å²) < 4.78 is 37.5. The van der Waals surface area contributed by atoms with Crippen molar-refractivity contribution in [3.05, 3.63) is 16.7 Å². The van der Waals surface area contributed by atoms with E-state index in [0.717, 1.165) is 12.8 Å². The van der Waals surface area contributed by atoms with Gasteiger partial charge in [0.15, 0.2) is 11.2 Å². The van der Waals surface area contributed by atoms with Crippen molar-refractivity contribution in [2.24, 2.45) is 0 Å². The molecule has 0 spiro atoms. The van der Waals surface area contributed by atoms with E-state index in [1.165, 1.54) is 6.33 Å². The molecule has 0 aliphatic heterocycles. The predicted octanol–water partition coefficient (Wildman–Crippen LogP) is 2.27. The van der Waals surface area contributed by atoms with Gasteiger partial charge in [0.1, 0.15) is 0 Å². The van der Waals surface area contributed by atoms with Gasteiger partial charge in [0.25, 0.3) is 5.56 Å². The molecule has 2 rings (SSSR count). The van der Waals surface area contributed by atoms with Gasteiger partial charge in [0.05, 0.1) is 12.7 Å². The van der Waals surface area contributed by atoms with E-state index in [1.807, 2.05) is 0 Å². The molecule has 7 nitrogen and oxygen atoms in total. The van der Waals surface area contributed by atoms with Gasteiger partial charge < -0.3 is 10.3 Å². The fourth-order valence-electron chi connectivity index (χ4n) is 2.17. The molecule has 2 heterocycles. The predicted molar refractivity (Wildman–Crippen MR) is 79.6 cm³/mol. The summed E-state index contributed by atoms with van der Waals surface area (Å²) in [7, 11) is -1.58. The van der Waals surface area contributed by atoms with Crippen LogP contribution in [0.1, 0.15) is 32.1 Å². The number of imidazole rings is 1. The average molecular weight is 332 g/mol. The third kappa shape index (κ3) is 4.07. The van der Waals surface area contributed by atoms with Gasteiger partial charge in [0.2, 0.25) is 5.95 Å². The second-order valence-electron chi connectivity index (χ2n) is 5.03. The molecule has 0 bridgehead atoms. The number of rotatable bonds is 8. The smallest absolute Gasteiger partial charge is 0.369 e. The Balaban J connectivity index is 1.83. The van der Waals surface area contributed by atoms with Crippen molar-refractivity contribution in [3.63, 3.8) is 0 Å². The number of hydrogen-bond donors (Lipinski definition) is 2. The zero-order valence-electron chi connectivity index (χ0n) is 11.8. The Morgan fingerprint density at radius 3 is 2.77 bits per heavy atom. The minimum absolute atomic E-state index is 0.0277. The van der Waals surface area contributed by atoms with Crippen LogP contribution < -0.4 is 11.3 Å². The molecule has 0 aromatic carbocycles. The number of unbranched alkanes of at least 4 members (excludes halogenated alkanes) is 3. The summed E-state index contributed by atoms with van der Waals surface area (Å²) in [4.78, 5) is 22.0. The third-order valence-corrected chi connectivity index (χ3v) is 3.83. The second-order valence-corrected chi connectivity index (χ2v) is 5.97. The molecule has 10 heteroatoms. The van der Waals surface area contributed by atoms with E-state index in [0.29, 0.717) is 25.0 Å². The fourth-order valence-corrected chi connectivity index (χ4v) is 2.45. The minimum Gasteiger partial charge on any atom is -0.369 e. The molecule has 0 aliphatic rings. The zero-order valence-corrected chi connectivity index (χ0v) is 12.8. The number of nitrogens with one attached hydrogen (secondary N) is 1. The van der Waals surface area contributed by atoms with Crippen LogP contribution in [0.15, 0.2) is 11.1 Å². The van der Waals surface area contributed by atoms with Gasteiger partial charge in [-0.1, -0.05) is 17.4 Å². The number of anilines is 1. The first-order valence-corrected chi connectivity index (χ1v) is 7.81. The van der Waals surface area contributed by atoms with E-state index in [1.54, 1.807) is 4.57 Å². The number of halogens is 2. The molecule has 1 unspecified atom stereocenters. The summed E-state index contributed by atoms with van der Waals surface area (Å²) in [6, 6.07) is 0. The monoisotopic (exact) mass is 332 g/mol. The topological polar surface area (TPSA) is 107 Å². The van der Waals surface area contributed by atoms with E-state index < -0.39 is 14.1 Å². The largest absolute Gasteiger partial charge is 0.438 e. The summed E-state index contributed by atoms with van der Waals surface area (Å²) in [5.41, 5.74) is 2.69. The van der Waals surface area contributed by atoms with Gasteiger partial charge >= 0.3 is 14.1 Å². The van der Waals surface area contributed by atoms with Crippen molar-refractivity contribution in [1.82, 2.24) is 19.5 Å². The summed E-state index contributed by atoms with van der Waals surface area (Å²) >= 11 is 0. The Labute approximate surface area is 126 Å². The summed E-state index contributed by atoms with van der Waals surface area (Å²) in [6.45, 7) is 0.575. The van der Waals surface area contributed by atoms with Gasteiger partial charge in [-0.15, -0.1) is 0 Å². The van der Waals surface area contributed by atoms with Gasteiger partial charge in [-0.2, -0.15) is 13.8 Å². The van der Waals surface area contributed by atoms with Crippen LogP contribution in [0, 0.1) is 0 Å². The van der Waals surface area contributed by atoms with Crippen LogP contribution in [0.5, 0.6) is 0 Å². The summed E-state index contributed by atoms with van der Waals surface area (Å²) in [5.74, 6) is 0.0277. The molecule has 22 heavy (non-hydrogen) atoms. The van der Waals surface area contributed by atoms with Gasteiger partial charge in [-0.25, -0.2) is 4.98 Å². The van der Waals surface area contributed by atoms with E-state index >= 15 is 0 Å². The molecular formula is C12H17F2N5O2P+. The molecule has 0 fully saturated rings. The highest BCUT2D eigenvalue weighted by molar-refractivity contribution is 7.25. The Morgan fingerprint density at radius 2 is 2.05 bits per heavy atom. The number of H-pyrrole nitrogens is 1. The maximum atomic E-state index is 12.8. The van der Waals surface area contributed by atoms with Crippen molar-refractivity contribution >= 4 is 25.6 Å². The molecule has 3 N–H and O–H groups in total. The molecule has 0 amide bonds. The zero-order chi connectivity index (χ0) is 16.2. The van der Waals surface area contributed by atoms with Gasteiger partial charge in [0, 0.05) is 6.54 Å². The van der Waals surface area contributed by atoms with E-state index in [2.05, 4.69) is 15.0 Å². The molecule has 2 aromatic rings. The Morgan fingerprint density at radius 1 is 1.32 bits per heavy atom. The van der Waals surface area contributed by atoms with Crippen LogP contribution in [0.25, 0.3) is 11.2 Å². The lowest BCUT2D eigenvalue weighted by atomic mass is 10.1. The number of nitrogens with zero attached hydrogens (tertiary/aromatic N) is 3. The normalized spacial score (nSPS) is 12.3. The Kier molecular flexibility index (Phi) is 5.18. The maximum absolute atomic E-state index is 12.8. The van der Waals surface area contributed by atoms with Crippen molar-refractivity contribution < 1.29 is 13.3 Å². The third-order valence-electron chi connectivity index (χ3n) is 3.28. The number of aryl methyl sites for hydroxylation is 1. The fraction of sp³-hybridized carbons (Fsp3) is 0.583. The quantitative estimate of drug-likeness (QED) is 0.570. The van der Waals surface area contributed by atoms with Crippen LogP contribution >= 0.6 is 8.46 Å². The highest BCUT2D eigenvalue weighted by Crippen LogP contribution is 2.32. The lowest BCUT2D eigenvalue weighted by Crippen LogP contribution is -2.12. The summed E-state index contributed by atoms with van der Waals surface area (Å²) in [6.07, 6.45) is 3.61. The molecule has 0 radical (unpaired) electrons. The van der Waals surface area contributed by atoms with Crippen LogP contribution in [0.2, 0.25) is 0 Å². The standard InChI is InChI=1S/C12H16F2N5O2P/c13-12(14,22-21)5-3-1-2-4-6-19-7-16-8-9(19)17-11(15)18-10(8)20/h7H,1-6H2,(H3,15,17,18,20)/p+1. The summed E-state index contributed by atoms with van der Waals surface area (Å²) in [5, 5.41) is 0. The number of aromatic amines is 1. The van der Waals surface area contributed by atoms with E-state index in [4.69, 9.17) is 5.73 Å². The molecule has 120 valence electrons. The molecule has 2 aromatic heterocycles. The highest BCUT2D eigenvalue weighted by Gasteiger charge is 2.37. The van der Waals surface area contributed by atoms with E-state index in [-0.39, 0.29) is 23.4 Å². The maximum Gasteiger partial charge on any atom is 0.438 e. The van der Waals surface area contributed by atoms with Crippen molar-refractivity contribution in [3.8, 4) is 0 Å². The number of aromatic nitrogens is 4. The number of fused-ring (bicyclic) bond motifs is 1. The molecule has 1 atom stereocenters. The molecule has 0 aliphatic carbocycles. The van der Waals surface area contributed by atoms with E-state index in [9.17, 15) is 18.1 Å². The Bertz CT molecular complexity index is 715. The highest BCUT2D eigenvalue weighted by atomic mass is 31.1. The van der Waals surface area contributed by atoms with Crippen LogP contribution in [0.3, 0.4) is 0 Å². The lowest BCUT2D eigenvalue weighted by Gasteiger charge is -2.05.